The van der Waals surface area contributed by atoms with Crippen molar-refractivity contribution in [1.29, 1.82) is 0 Å². The van der Waals surface area contributed by atoms with Gasteiger partial charge in [-0.3, -0.25) is 0 Å². The lowest BCUT2D eigenvalue weighted by Gasteiger charge is -2.49. The zero-order valence-electron chi connectivity index (χ0n) is 11.5. The topological polar surface area (TPSA) is 46.2 Å². The first kappa shape index (κ1) is 14.6. The summed E-state index contributed by atoms with van der Waals surface area (Å²) < 4.78 is 0. The third-order valence-corrected chi connectivity index (χ3v) is 6.08. The molecule has 0 unspecified atom stereocenters. The molecule has 3 N–H and O–H groups in total. The van der Waals surface area contributed by atoms with Crippen LogP contribution in [0.4, 0.5) is 0 Å². The van der Waals surface area contributed by atoms with Crippen molar-refractivity contribution < 1.29 is 5.11 Å². The molecule has 2 fully saturated rings. The Morgan fingerprint density at radius 3 is 2.40 bits per heavy atom. The van der Waals surface area contributed by atoms with Crippen LogP contribution in [0.5, 0.6) is 0 Å². The van der Waals surface area contributed by atoms with Gasteiger partial charge in [0, 0.05) is 17.4 Å². The molecule has 110 valence electrons. The second kappa shape index (κ2) is 5.49. The zero-order valence-corrected chi connectivity index (χ0v) is 13.0. The quantitative estimate of drug-likeness (QED) is 0.889. The second-order valence-corrected chi connectivity index (χ2v) is 7.16. The van der Waals surface area contributed by atoms with Gasteiger partial charge in [-0.1, -0.05) is 42.1 Å². The summed E-state index contributed by atoms with van der Waals surface area (Å²) in [5.74, 6) is 0.213. The number of aliphatic hydroxyl groups is 1. The van der Waals surface area contributed by atoms with Gasteiger partial charge in [0.2, 0.25) is 0 Å². The summed E-state index contributed by atoms with van der Waals surface area (Å²) in [4.78, 5) is 0. The van der Waals surface area contributed by atoms with E-state index in [1.54, 1.807) is 0 Å². The highest BCUT2D eigenvalue weighted by molar-refractivity contribution is 6.42. The van der Waals surface area contributed by atoms with Gasteiger partial charge in [0.25, 0.3) is 0 Å². The van der Waals surface area contributed by atoms with E-state index in [1.165, 1.54) is 0 Å². The third kappa shape index (κ3) is 2.27. The molecule has 1 aromatic rings. The van der Waals surface area contributed by atoms with Gasteiger partial charge in [0.05, 0.1) is 16.1 Å². The van der Waals surface area contributed by atoms with Crippen molar-refractivity contribution in [3.63, 3.8) is 0 Å². The Kier molecular flexibility index (Phi) is 4.02. The number of nitrogens with two attached hydrogens (primary N) is 1. The minimum absolute atomic E-state index is 0.130. The number of hydrogen-bond donors (Lipinski definition) is 2. The lowest BCUT2D eigenvalue weighted by atomic mass is 9.58. The number of hydrogen-bond acceptors (Lipinski definition) is 2. The van der Waals surface area contributed by atoms with Crippen molar-refractivity contribution in [2.75, 3.05) is 0 Å². The summed E-state index contributed by atoms with van der Waals surface area (Å²) in [6.07, 6.45) is 5.99. The summed E-state index contributed by atoms with van der Waals surface area (Å²) in [5.41, 5.74) is 7.13. The molecule has 0 bridgehead atoms. The Balaban J connectivity index is 1.92. The first-order valence-electron chi connectivity index (χ1n) is 7.44. The first-order chi connectivity index (χ1) is 9.54. The SMILES string of the molecule is N[C@@H]1CCC[C@H]1[C@@H](O)C1(c2ccc(Cl)c(Cl)c2)CCC1. The molecule has 0 aliphatic heterocycles. The van der Waals surface area contributed by atoms with E-state index >= 15 is 0 Å². The van der Waals surface area contributed by atoms with E-state index in [1.807, 2.05) is 18.2 Å². The normalized spacial score (nSPS) is 30.0. The first-order valence-corrected chi connectivity index (χ1v) is 8.19. The van der Waals surface area contributed by atoms with E-state index < -0.39 is 0 Å². The Morgan fingerprint density at radius 1 is 1.15 bits per heavy atom. The van der Waals surface area contributed by atoms with Gasteiger partial charge in [-0.25, -0.2) is 0 Å². The van der Waals surface area contributed by atoms with Crippen LogP contribution in [0.15, 0.2) is 18.2 Å². The van der Waals surface area contributed by atoms with E-state index in [2.05, 4.69) is 0 Å². The highest BCUT2D eigenvalue weighted by atomic mass is 35.5. The molecule has 2 aliphatic rings. The molecule has 3 rings (SSSR count). The van der Waals surface area contributed by atoms with Crippen LogP contribution in [0, 0.1) is 5.92 Å². The number of benzene rings is 1. The van der Waals surface area contributed by atoms with Gasteiger partial charge < -0.3 is 10.8 Å². The average Bonchev–Trinajstić information content (AvgIpc) is 2.78. The minimum atomic E-state index is -0.369. The van der Waals surface area contributed by atoms with Gasteiger partial charge >= 0.3 is 0 Å². The average molecular weight is 314 g/mol. The summed E-state index contributed by atoms with van der Waals surface area (Å²) in [6, 6.07) is 5.90. The molecule has 2 saturated carbocycles. The Hall–Kier alpha value is -0.280. The largest absolute Gasteiger partial charge is 0.392 e. The maximum Gasteiger partial charge on any atom is 0.0679 e. The number of halogens is 2. The maximum atomic E-state index is 10.9. The minimum Gasteiger partial charge on any atom is -0.392 e. The molecule has 0 amide bonds. The predicted molar refractivity (Wildman–Crippen MR) is 83.3 cm³/mol. The van der Waals surface area contributed by atoms with Gasteiger partial charge in [-0.2, -0.15) is 0 Å². The molecule has 0 heterocycles. The molecule has 0 radical (unpaired) electrons. The van der Waals surface area contributed by atoms with Crippen molar-refractivity contribution in [2.45, 2.75) is 56.1 Å². The van der Waals surface area contributed by atoms with Crippen LogP contribution >= 0.6 is 23.2 Å². The summed E-state index contributed by atoms with van der Waals surface area (Å²) in [5, 5.41) is 12.1. The molecule has 0 aromatic heterocycles. The fourth-order valence-electron chi connectivity index (χ4n) is 3.94. The van der Waals surface area contributed by atoms with Crippen molar-refractivity contribution in [3.05, 3.63) is 33.8 Å². The highest BCUT2D eigenvalue weighted by Gasteiger charge is 2.49. The summed E-state index contributed by atoms with van der Waals surface area (Å²) >= 11 is 12.2. The summed E-state index contributed by atoms with van der Waals surface area (Å²) in [6.45, 7) is 0. The molecule has 2 nitrogen and oxygen atoms in total. The molecule has 4 heteroatoms. The van der Waals surface area contributed by atoms with E-state index in [0.29, 0.717) is 10.0 Å². The zero-order chi connectivity index (χ0) is 14.3. The molecule has 0 spiro atoms. The molecule has 3 atom stereocenters. The van der Waals surface area contributed by atoms with Crippen molar-refractivity contribution in [3.8, 4) is 0 Å². The smallest absolute Gasteiger partial charge is 0.0679 e. The molecule has 1 aromatic carbocycles. The van der Waals surface area contributed by atoms with E-state index in [4.69, 9.17) is 28.9 Å². The monoisotopic (exact) mass is 313 g/mol. The fourth-order valence-corrected chi connectivity index (χ4v) is 4.24. The van der Waals surface area contributed by atoms with Gasteiger partial charge in [-0.05, 0) is 43.4 Å². The van der Waals surface area contributed by atoms with Crippen LogP contribution in [0.1, 0.15) is 44.1 Å². The van der Waals surface area contributed by atoms with Gasteiger partial charge in [-0.15, -0.1) is 0 Å². The van der Waals surface area contributed by atoms with Crippen LogP contribution in [-0.2, 0) is 5.41 Å². The molecule has 0 saturated heterocycles. The second-order valence-electron chi connectivity index (χ2n) is 6.34. The molecule has 20 heavy (non-hydrogen) atoms. The molecular weight excluding hydrogens is 293 g/mol. The number of rotatable bonds is 3. The Morgan fingerprint density at radius 2 is 1.90 bits per heavy atom. The highest BCUT2D eigenvalue weighted by Crippen LogP contribution is 2.51. The van der Waals surface area contributed by atoms with E-state index in [0.717, 1.165) is 44.1 Å². The Bertz CT molecular complexity index is 501. The van der Waals surface area contributed by atoms with E-state index in [-0.39, 0.29) is 23.5 Å². The van der Waals surface area contributed by atoms with Crippen LogP contribution in [0.25, 0.3) is 0 Å². The van der Waals surface area contributed by atoms with Gasteiger partial charge in [0.15, 0.2) is 0 Å². The molecular formula is C16H21Cl2NO. The van der Waals surface area contributed by atoms with Crippen LogP contribution in [0.2, 0.25) is 10.0 Å². The lowest BCUT2D eigenvalue weighted by Crippen LogP contribution is -2.52. The van der Waals surface area contributed by atoms with Crippen molar-refractivity contribution in [2.24, 2.45) is 11.7 Å². The Labute approximate surface area is 130 Å². The van der Waals surface area contributed by atoms with Gasteiger partial charge in [0.1, 0.15) is 0 Å². The van der Waals surface area contributed by atoms with Crippen LogP contribution in [0.3, 0.4) is 0 Å². The van der Waals surface area contributed by atoms with E-state index in [9.17, 15) is 5.11 Å². The van der Waals surface area contributed by atoms with Crippen LogP contribution in [-0.4, -0.2) is 17.3 Å². The summed E-state index contributed by atoms with van der Waals surface area (Å²) in [7, 11) is 0. The molecule has 2 aliphatic carbocycles. The lowest BCUT2D eigenvalue weighted by molar-refractivity contribution is -0.0165. The van der Waals surface area contributed by atoms with Crippen LogP contribution < -0.4 is 5.73 Å². The van der Waals surface area contributed by atoms with Crippen molar-refractivity contribution >= 4 is 23.2 Å². The maximum absolute atomic E-state index is 10.9. The third-order valence-electron chi connectivity index (χ3n) is 5.34. The van der Waals surface area contributed by atoms with Crippen molar-refractivity contribution in [1.82, 2.24) is 0 Å². The number of aliphatic hydroxyl groups excluding tert-OH is 1. The fraction of sp³-hybridized carbons (Fsp3) is 0.625. The predicted octanol–water partition coefficient (Wildman–Crippen LogP) is 3.90. The standard InChI is InChI=1S/C16H21Cl2NO/c17-12-6-5-10(9-13(12)18)16(7-2-8-16)15(20)11-3-1-4-14(11)19/h5-6,9,11,14-15,20H,1-4,7-8,19H2/t11-,14-,15-/m1/s1.